The molecule has 1 aliphatic heterocycles. The van der Waals surface area contributed by atoms with Gasteiger partial charge in [-0.1, -0.05) is 6.92 Å². The number of nitrogens with zero attached hydrogens (tertiary/aromatic N) is 1. The number of rotatable bonds is 4. The van der Waals surface area contributed by atoms with Crippen LogP contribution in [0.4, 0.5) is 0 Å². The number of nitrogens with one attached hydrogen (secondary N) is 1. The van der Waals surface area contributed by atoms with Crippen LogP contribution in [0.15, 0.2) is 0 Å². The van der Waals surface area contributed by atoms with E-state index in [1.165, 1.54) is 13.8 Å². The number of likely N-dealkylation sites (tertiary alicyclic amines) is 1. The van der Waals surface area contributed by atoms with E-state index in [9.17, 15) is 9.59 Å². The van der Waals surface area contributed by atoms with Crippen molar-refractivity contribution < 1.29 is 14.7 Å². The van der Waals surface area contributed by atoms with Crippen molar-refractivity contribution in [1.29, 1.82) is 0 Å². The van der Waals surface area contributed by atoms with Gasteiger partial charge in [-0.15, -0.1) is 0 Å². The highest BCUT2D eigenvalue weighted by Gasteiger charge is 2.37. The van der Waals surface area contributed by atoms with Crippen molar-refractivity contribution in [2.24, 2.45) is 10.8 Å². The van der Waals surface area contributed by atoms with Crippen LogP contribution < -0.4 is 5.32 Å². The highest BCUT2D eigenvalue weighted by molar-refractivity contribution is 6.00. The smallest absolute Gasteiger partial charge is 0.318 e. The molecule has 0 unspecified atom stereocenters. The fourth-order valence-corrected chi connectivity index (χ4v) is 1.95. The lowest BCUT2D eigenvalue weighted by Gasteiger charge is -2.38. The van der Waals surface area contributed by atoms with Gasteiger partial charge in [-0.05, 0) is 52.2 Å². The van der Waals surface area contributed by atoms with Crippen molar-refractivity contribution in [3.8, 4) is 0 Å². The predicted molar refractivity (Wildman–Crippen MR) is 69.3 cm³/mol. The van der Waals surface area contributed by atoms with E-state index in [2.05, 4.69) is 24.2 Å². The minimum absolute atomic E-state index is 0.0801. The van der Waals surface area contributed by atoms with Gasteiger partial charge in [-0.3, -0.25) is 9.59 Å². The van der Waals surface area contributed by atoms with Crippen LogP contribution in [0.25, 0.3) is 0 Å². The summed E-state index contributed by atoms with van der Waals surface area (Å²) in [7, 11) is 2.09. The van der Waals surface area contributed by atoms with Gasteiger partial charge in [-0.2, -0.15) is 0 Å². The van der Waals surface area contributed by atoms with E-state index in [1.54, 1.807) is 0 Å². The molecule has 5 heteroatoms. The minimum Gasteiger partial charge on any atom is -0.480 e. The lowest BCUT2D eigenvalue weighted by Crippen LogP contribution is -2.48. The Kier molecular flexibility index (Phi) is 4.37. The molecule has 1 amide bonds. The molecule has 0 radical (unpaired) electrons. The van der Waals surface area contributed by atoms with Crippen LogP contribution in [0.3, 0.4) is 0 Å². The summed E-state index contributed by atoms with van der Waals surface area (Å²) in [6.45, 7) is 7.61. The highest BCUT2D eigenvalue weighted by Crippen LogP contribution is 2.29. The second-order valence-electron chi connectivity index (χ2n) is 6.23. The monoisotopic (exact) mass is 256 g/mol. The van der Waals surface area contributed by atoms with Crippen molar-refractivity contribution in [1.82, 2.24) is 10.2 Å². The third-order valence-corrected chi connectivity index (χ3v) is 3.97. The molecular formula is C13H24N2O3. The maximum Gasteiger partial charge on any atom is 0.318 e. The first kappa shape index (κ1) is 15.0. The molecule has 0 aromatic rings. The van der Waals surface area contributed by atoms with Crippen molar-refractivity contribution in [2.75, 3.05) is 26.7 Å². The van der Waals surface area contributed by atoms with E-state index in [0.29, 0.717) is 6.54 Å². The molecule has 0 aliphatic carbocycles. The Balaban J connectivity index is 2.50. The van der Waals surface area contributed by atoms with E-state index < -0.39 is 17.3 Å². The molecule has 0 aromatic carbocycles. The fourth-order valence-electron chi connectivity index (χ4n) is 1.95. The van der Waals surface area contributed by atoms with Gasteiger partial charge in [0, 0.05) is 6.54 Å². The van der Waals surface area contributed by atoms with Crippen LogP contribution in [-0.2, 0) is 9.59 Å². The second kappa shape index (κ2) is 5.26. The fraction of sp³-hybridized carbons (Fsp3) is 0.846. The van der Waals surface area contributed by atoms with E-state index in [4.69, 9.17) is 5.11 Å². The lowest BCUT2D eigenvalue weighted by molar-refractivity contribution is -0.153. The molecule has 0 saturated carbocycles. The van der Waals surface area contributed by atoms with Crippen LogP contribution in [0.5, 0.6) is 0 Å². The number of piperidine rings is 1. The van der Waals surface area contributed by atoms with E-state index >= 15 is 0 Å². The topological polar surface area (TPSA) is 69.6 Å². The Labute approximate surface area is 109 Å². The third-order valence-electron chi connectivity index (χ3n) is 3.97. The van der Waals surface area contributed by atoms with Gasteiger partial charge in [-0.25, -0.2) is 0 Å². The number of hydrogen-bond acceptors (Lipinski definition) is 3. The molecule has 0 atom stereocenters. The van der Waals surface area contributed by atoms with E-state index in [-0.39, 0.29) is 5.41 Å². The number of carboxylic acids is 1. The number of carbonyl (C=O) groups is 2. The van der Waals surface area contributed by atoms with Crippen molar-refractivity contribution in [3.63, 3.8) is 0 Å². The van der Waals surface area contributed by atoms with Gasteiger partial charge in [0.25, 0.3) is 0 Å². The Bertz CT molecular complexity index is 331. The molecular weight excluding hydrogens is 232 g/mol. The van der Waals surface area contributed by atoms with Gasteiger partial charge >= 0.3 is 5.97 Å². The average Bonchev–Trinajstić information content (AvgIpc) is 2.30. The Morgan fingerprint density at radius 2 is 1.83 bits per heavy atom. The summed E-state index contributed by atoms with van der Waals surface area (Å²) in [6.07, 6.45) is 2.05. The summed E-state index contributed by atoms with van der Waals surface area (Å²) < 4.78 is 0. The summed E-state index contributed by atoms with van der Waals surface area (Å²) in [4.78, 5) is 25.1. The van der Waals surface area contributed by atoms with Gasteiger partial charge in [0.15, 0.2) is 0 Å². The summed E-state index contributed by atoms with van der Waals surface area (Å²) in [5.74, 6) is -1.50. The number of aliphatic carboxylic acids is 1. The third kappa shape index (κ3) is 3.45. The van der Waals surface area contributed by atoms with Crippen LogP contribution in [0.1, 0.15) is 33.6 Å². The van der Waals surface area contributed by atoms with Gasteiger partial charge in [0.1, 0.15) is 5.41 Å². The van der Waals surface area contributed by atoms with Crippen LogP contribution in [-0.4, -0.2) is 48.6 Å². The largest absolute Gasteiger partial charge is 0.480 e. The first-order valence-electron chi connectivity index (χ1n) is 6.38. The molecule has 104 valence electrons. The quantitative estimate of drug-likeness (QED) is 0.735. The molecule has 0 aromatic heterocycles. The van der Waals surface area contributed by atoms with Gasteiger partial charge in [0.05, 0.1) is 0 Å². The zero-order chi connectivity index (χ0) is 14.0. The molecule has 1 fully saturated rings. The SMILES string of the molecule is CN1CCC(C)(CNC(=O)C(C)(C)C(=O)O)CC1. The molecule has 2 N–H and O–H groups in total. The van der Waals surface area contributed by atoms with Gasteiger partial charge in [0.2, 0.25) is 5.91 Å². The average molecular weight is 256 g/mol. The van der Waals surface area contributed by atoms with Crippen molar-refractivity contribution in [2.45, 2.75) is 33.6 Å². The lowest BCUT2D eigenvalue weighted by atomic mass is 9.80. The summed E-state index contributed by atoms with van der Waals surface area (Å²) in [5.41, 5.74) is -1.28. The van der Waals surface area contributed by atoms with Gasteiger partial charge < -0.3 is 15.3 Å². The second-order valence-corrected chi connectivity index (χ2v) is 6.23. The van der Waals surface area contributed by atoms with Crippen molar-refractivity contribution >= 4 is 11.9 Å². The number of carbonyl (C=O) groups excluding carboxylic acids is 1. The molecule has 18 heavy (non-hydrogen) atoms. The first-order chi connectivity index (χ1) is 8.17. The maximum atomic E-state index is 11.9. The minimum atomic E-state index is -1.36. The first-order valence-corrected chi connectivity index (χ1v) is 6.38. The van der Waals surface area contributed by atoms with Crippen molar-refractivity contribution in [3.05, 3.63) is 0 Å². The Hall–Kier alpha value is -1.10. The molecule has 5 nitrogen and oxygen atoms in total. The molecule has 1 saturated heterocycles. The normalized spacial score (nSPS) is 20.4. The number of amides is 1. The highest BCUT2D eigenvalue weighted by atomic mass is 16.4. The van der Waals surface area contributed by atoms with E-state index in [1.807, 2.05) is 0 Å². The summed E-state index contributed by atoms with van der Waals surface area (Å²) in [5, 5.41) is 11.8. The molecule has 0 bridgehead atoms. The Morgan fingerprint density at radius 1 is 1.33 bits per heavy atom. The van der Waals surface area contributed by atoms with Crippen LogP contribution >= 0.6 is 0 Å². The zero-order valence-corrected chi connectivity index (χ0v) is 11.7. The standard InChI is InChI=1S/C13H24N2O3/c1-12(2,11(17)18)10(16)14-9-13(3)5-7-15(4)8-6-13/h5-9H2,1-4H3,(H,14,16)(H,17,18). The van der Waals surface area contributed by atoms with Crippen LogP contribution in [0.2, 0.25) is 0 Å². The summed E-state index contributed by atoms with van der Waals surface area (Å²) >= 11 is 0. The molecule has 0 spiro atoms. The number of hydrogen-bond donors (Lipinski definition) is 2. The summed E-state index contributed by atoms with van der Waals surface area (Å²) in [6, 6.07) is 0. The zero-order valence-electron chi connectivity index (χ0n) is 11.7. The Morgan fingerprint density at radius 3 is 2.28 bits per heavy atom. The van der Waals surface area contributed by atoms with E-state index in [0.717, 1.165) is 25.9 Å². The van der Waals surface area contributed by atoms with Crippen LogP contribution in [0, 0.1) is 10.8 Å². The predicted octanol–water partition coefficient (Wildman–Crippen LogP) is 0.945. The maximum absolute atomic E-state index is 11.9. The molecule has 1 heterocycles. The molecule has 1 aliphatic rings. The molecule has 1 rings (SSSR count). The number of carboxylic acid groups (broad SMARTS) is 1.